The number of hydrogen-bond donors (Lipinski definition) is 0. The monoisotopic (exact) mass is 3650 g/mol. The minimum atomic E-state index is -0.658. The van der Waals surface area contributed by atoms with Gasteiger partial charge in [-0.1, -0.05) is 7.96 Å². The van der Waals surface area contributed by atoms with E-state index in [0.717, 1.165) is 15.9 Å². The zero-order valence-electron chi connectivity index (χ0n) is 58.5. The Morgan fingerprint density at radius 2 is 0.175 bits per heavy atom. The van der Waals surface area contributed by atoms with Gasteiger partial charge in [0.2, 0.25) is 0 Å². The minimum Gasteiger partial charge on any atom is -0.109 e. The van der Waals surface area contributed by atoms with Crippen LogP contribution in [0.3, 0.4) is 0 Å². The molecule has 0 saturated heterocycles. The Kier molecular flexibility index (Phi) is 129. The van der Waals surface area contributed by atoms with Crippen molar-refractivity contribution in [2.75, 3.05) is 0 Å². The molecule has 0 aliphatic heterocycles. The molecule has 0 fully saturated rings. The van der Waals surface area contributed by atoms with Gasteiger partial charge in [-0.15, -0.1) is 509 Å². The molecule has 0 aromatic heterocycles. The molecule has 63 atom stereocenters. The van der Waals surface area contributed by atoms with E-state index in [9.17, 15) is 0 Å². The SMILES string of the molecule is PPP(P(P)P)P(P(P)P)P(P(PP(P(P(P(P(P)P)P(P)P)P(P(P)P)P(P)P)P(P(P(P)P)P(P)P)P(P(P)P)P(P)P)P(P(P(P(P)P)P(P)P)P(P(P)P)P(P)P)P(P(P(P)P)P(P)P)P(P(P)P)P(P)P)P(P(P(P(P)P)P(P)P)P(P(P)P)P(P)P)P(P(P(P)P)P(P)P)P(P(P)P)P(P)P)P(P(P)P)P(P)P. The highest BCUT2D eigenvalue weighted by molar-refractivity contribution is 9.59. The summed E-state index contributed by atoms with van der Waals surface area (Å²) in [6.45, 7) is -25.2. The zero-order valence-corrected chi connectivity index (χ0v) is 176. The predicted octanol–water partition coefficient (Wildman–Crippen LogP) is 67.1. The van der Waals surface area contributed by atoms with Crippen LogP contribution in [-0.2, 0) is 0 Å². The fraction of sp³-hybridized carbons (Fsp3) is 0. The highest BCUT2D eigenvalue weighted by Crippen LogP contribution is 3.53. The van der Waals surface area contributed by atoms with Gasteiger partial charge in [-0.25, -0.2) is 0 Å². The van der Waals surface area contributed by atoms with Crippen molar-refractivity contribution < 1.29 is 0 Å². The van der Waals surface area contributed by atoms with E-state index < -0.39 is 370 Å². The highest BCUT2D eigenvalue weighted by Gasteiger charge is 2.65. The summed E-state index contributed by atoms with van der Waals surface area (Å²) in [4.78, 5) is 0. The van der Waals surface area contributed by atoms with Crippen molar-refractivity contribution in [3.05, 3.63) is 0 Å². The fourth-order valence-corrected chi connectivity index (χ4v) is 1700. The highest BCUT2D eigenvalue weighted by atomic mass is 33.6. The van der Waals surface area contributed by atoms with E-state index in [1.807, 2.05) is 0 Å². The van der Waals surface area contributed by atoms with Crippen LogP contribution in [0.2, 0.25) is 0 Å². The maximum Gasteiger partial charge on any atom is -0.000359 e. The van der Waals surface area contributed by atoms with Gasteiger partial charge in [0.15, 0.2) is 0 Å². The summed E-state index contributed by atoms with van der Waals surface area (Å²) in [6, 6.07) is 0. The molecule has 0 nitrogen and oxygen atoms in total. The van der Waals surface area contributed by atoms with Gasteiger partial charge in [-0.05, 0) is 392 Å². The number of hydrogen-bond acceptors (Lipinski definition) is 0. The van der Waals surface area contributed by atoms with Crippen molar-refractivity contribution in [2.45, 2.75) is 0 Å². The third-order valence-electron chi connectivity index (χ3n) is 10.1. The molecule has 0 radical (unpaired) electrons. The van der Waals surface area contributed by atoms with E-state index in [0.29, 0.717) is 0 Å². The molecule has 0 amide bonds. The molecule has 0 aromatic carbocycles. The lowest BCUT2D eigenvalue weighted by Gasteiger charge is -2.62. The van der Waals surface area contributed by atoms with Crippen molar-refractivity contribution in [1.29, 1.82) is 0 Å². The topological polar surface area (TPSA) is 0 Å². The average Bonchev–Trinajstić information content (AvgIpc) is 0.722. The molecule has 686 valence electrons. The molecule has 0 aromatic rings. The van der Waals surface area contributed by atoms with Crippen LogP contribution in [-0.4, -0.2) is 0 Å². The van der Waals surface area contributed by atoms with Crippen molar-refractivity contribution >= 4 is 909 Å². The first-order valence-corrected chi connectivity index (χ1v) is 234. The van der Waals surface area contributed by atoms with Crippen LogP contribution in [0, 0.1) is 0 Å². The second kappa shape index (κ2) is 90.0. The lowest BCUT2D eigenvalue weighted by atomic mass is 28.4. The smallest absolute Gasteiger partial charge is 0.000359 e. The molecule has 0 saturated carbocycles. The molecular weight excluding hydrogens is 3530 g/mol. The van der Waals surface area contributed by atoms with Crippen LogP contribution in [0.25, 0.3) is 0 Å². The van der Waals surface area contributed by atoms with Crippen LogP contribution in [0.5, 0.6) is 0 Å². The van der Waals surface area contributed by atoms with Crippen LogP contribution < -0.4 is 0 Å². The summed E-state index contributed by atoms with van der Waals surface area (Å²) in [5.74, 6) is 0. The van der Waals surface area contributed by atoms with Crippen LogP contribution in [0.1, 0.15) is 0 Å². The molecule has 114 heteroatoms. The molecule has 0 heterocycles. The van der Waals surface area contributed by atoms with Crippen molar-refractivity contribution in [1.82, 2.24) is 0 Å². The quantitative estimate of drug-likeness (QED) is 0.0533. The molecule has 114 heavy (non-hydrogen) atoms. The number of rotatable bonds is 56. The Labute approximate surface area is 894 Å². The molecule has 0 aliphatic carbocycles. The van der Waals surface area contributed by atoms with E-state index in [4.69, 9.17) is 0 Å². The molecule has 0 aliphatic rings. The van der Waals surface area contributed by atoms with Gasteiger partial charge < -0.3 is 0 Å². The van der Waals surface area contributed by atoms with Crippen molar-refractivity contribution in [3.8, 4) is 0 Å². The lowest BCUT2D eigenvalue weighted by Crippen LogP contribution is -1.74. The first-order chi connectivity index (χ1) is 51.9. The Morgan fingerprint density at radius 3 is 0.254 bits per heavy atom. The van der Waals surface area contributed by atoms with Gasteiger partial charge in [-0.3, -0.25) is 0 Å². The van der Waals surface area contributed by atoms with E-state index in [1.54, 1.807) is 0 Å². The summed E-state index contributed by atoms with van der Waals surface area (Å²) in [5.41, 5.74) is 0. The van der Waals surface area contributed by atoms with Gasteiger partial charge in [0.05, 0.1) is 0 Å². The van der Waals surface area contributed by atoms with Crippen molar-refractivity contribution in [3.63, 3.8) is 0 Å². The summed E-state index contributed by atoms with van der Waals surface area (Å²) in [7, 11) is 220. The normalized spacial score (nSPS) is 15.9. The third-order valence-corrected chi connectivity index (χ3v) is 821. The molecule has 0 spiro atoms. The Hall–Kier alpha value is 49.0. The van der Waals surface area contributed by atoms with Gasteiger partial charge in [0.1, 0.15) is 0 Å². The second-order valence-corrected chi connectivity index (χ2v) is 491. The predicted molar refractivity (Wildman–Crippen MR) is 951 cm³/mol. The fourth-order valence-electron chi connectivity index (χ4n) is 6.99. The molecule has 0 rings (SSSR count). The van der Waals surface area contributed by atoms with Crippen LogP contribution in [0.15, 0.2) is 0 Å². The summed E-state index contributed by atoms with van der Waals surface area (Å²) >= 11 is 0. The Bertz CT molecular complexity index is 1960. The summed E-state index contributed by atoms with van der Waals surface area (Å²) < 4.78 is 0. The summed E-state index contributed by atoms with van der Waals surface area (Å²) in [5, 5.41) is 0. The molecule has 0 bridgehead atoms. The van der Waals surface area contributed by atoms with E-state index >= 15 is 0 Å². The van der Waals surface area contributed by atoms with Crippen LogP contribution in [0.4, 0.5) is 0 Å². The molecule has 0 N–H and O–H groups in total. The van der Waals surface area contributed by atoms with Crippen molar-refractivity contribution in [2.24, 2.45) is 0 Å². The van der Waals surface area contributed by atoms with E-state index in [-0.39, 0.29) is 14.0 Å². The lowest BCUT2D eigenvalue weighted by molar-refractivity contribution is 4.32. The second-order valence-electron chi connectivity index (χ2n) is 18.2. The molecular formula is H116P114. The largest absolute Gasteiger partial charge is 0.109 e. The average molecular weight is 3650 g/mol. The molecule has 63 unspecified atom stereocenters. The Balaban J connectivity index is 15.1. The van der Waals surface area contributed by atoms with E-state index in [2.05, 4.69) is 509 Å². The van der Waals surface area contributed by atoms with Gasteiger partial charge >= 0.3 is 0 Å². The standard InChI is InChI=1S/H116P114/c1-58-88(60(2)3)104(87(56)57)105(91(61(4)5)62(6)7)89(106(109(92(63(8)9)64(10)11)93(65(12)13)66(14)15)110(94(67(16)17)68(18)19)95(69(20)21)70(22)23)59-90(107(111(96(71(24)25)72(26)27)97(73(28)29)74(30)31)112(98(75(32)33)76(34)35)99(77(36)37)78(38)39)108(113(100(79(40)41)80(42)43)101(81(44)45)82(46)47)114(102(83(48)49)84(50)51)103(85(52)53)86(54)55/h58-59H,1-57H2. The minimum absolute atomic E-state index is 0.316. The third kappa shape index (κ3) is 57.8. The van der Waals surface area contributed by atoms with E-state index in [1.165, 1.54) is 0 Å². The maximum atomic E-state index is 3.91. The zero-order chi connectivity index (χ0) is 90.2. The van der Waals surface area contributed by atoms with Gasteiger partial charge in [-0.2, -0.15) is 0 Å². The first-order valence-electron chi connectivity index (χ1n) is 26.0. The van der Waals surface area contributed by atoms with Crippen LogP contribution >= 0.6 is 909 Å². The first kappa shape index (κ1) is 163. The van der Waals surface area contributed by atoms with Gasteiger partial charge in [0.25, 0.3) is 0 Å². The maximum absolute atomic E-state index is 3.91. The summed E-state index contributed by atoms with van der Waals surface area (Å²) in [6.07, 6.45) is 0. The Morgan fingerprint density at radius 1 is 0.0877 bits per heavy atom. The van der Waals surface area contributed by atoms with Gasteiger partial charge in [0, 0.05) is 0 Å².